The number of aldehydes is 1. The van der Waals surface area contributed by atoms with Crippen LogP contribution in [0.25, 0.3) is 11.0 Å². The Labute approximate surface area is 86.5 Å². The van der Waals surface area contributed by atoms with Crippen LogP contribution in [0.5, 0.6) is 0 Å². The van der Waals surface area contributed by atoms with Gasteiger partial charge in [0, 0.05) is 22.9 Å². The van der Waals surface area contributed by atoms with Crippen molar-refractivity contribution >= 4 is 28.9 Å². The number of halogens is 1. The summed E-state index contributed by atoms with van der Waals surface area (Å²) in [4.78, 5) is 10.9. The molecule has 1 heterocycles. The van der Waals surface area contributed by atoms with Crippen LogP contribution in [-0.4, -0.2) is 6.29 Å². The summed E-state index contributed by atoms with van der Waals surface area (Å²) in [6, 6.07) is 5.29. The molecular formula is C11H9ClO2. The Balaban J connectivity index is 2.79. The van der Waals surface area contributed by atoms with E-state index in [2.05, 4.69) is 0 Å². The number of benzene rings is 1. The smallest absolute Gasteiger partial charge is 0.154 e. The molecule has 2 nitrogen and oxygen atoms in total. The van der Waals surface area contributed by atoms with Crippen LogP contribution < -0.4 is 0 Å². The van der Waals surface area contributed by atoms with E-state index >= 15 is 0 Å². The monoisotopic (exact) mass is 208 g/mol. The van der Waals surface area contributed by atoms with Gasteiger partial charge in [-0.15, -0.1) is 0 Å². The van der Waals surface area contributed by atoms with Gasteiger partial charge in [0.25, 0.3) is 0 Å². The maximum atomic E-state index is 10.9. The van der Waals surface area contributed by atoms with Gasteiger partial charge in [-0.2, -0.15) is 0 Å². The molecule has 0 aliphatic rings. The molecule has 72 valence electrons. The van der Waals surface area contributed by atoms with Gasteiger partial charge in [-0.05, 0) is 12.1 Å². The second-order valence-electron chi connectivity index (χ2n) is 3.05. The fraction of sp³-hybridized carbons (Fsp3) is 0.182. The lowest BCUT2D eigenvalue weighted by atomic mass is 10.1. The van der Waals surface area contributed by atoms with Gasteiger partial charge in [0.15, 0.2) is 6.29 Å². The molecule has 0 atom stereocenters. The number of hydrogen-bond donors (Lipinski definition) is 0. The molecule has 14 heavy (non-hydrogen) atoms. The number of hydrogen-bond acceptors (Lipinski definition) is 2. The van der Waals surface area contributed by atoms with Crippen molar-refractivity contribution in [2.45, 2.75) is 13.3 Å². The van der Waals surface area contributed by atoms with E-state index < -0.39 is 0 Å². The summed E-state index contributed by atoms with van der Waals surface area (Å²) in [7, 11) is 0. The minimum absolute atomic E-state index is 0.617. The molecule has 2 rings (SSSR count). The van der Waals surface area contributed by atoms with Gasteiger partial charge in [-0.25, -0.2) is 0 Å². The molecule has 0 saturated carbocycles. The normalized spacial score (nSPS) is 10.7. The zero-order valence-electron chi connectivity index (χ0n) is 7.71. The Hall–Kier alpha value is -1.28. The number of fused-ring (bicyclic) bond motifs is 1. The van der Waals surface area contributed by atoms with Crippen LogP contribution in [0.1, 0.15) is 23.0 Å². The first-order chi connectivity index (χ1) is 6.76. The molecule has 0 amide bonds. The quantitative estimate of drug-likeness (QED) is 0.708. The van der Waals surface area contributed by atoms with Crippen LogP contribution in [0.3, 0.4) is 0 Å². The Morgan fingerprint density at radius 1 is 1.50 bits per heavy atom. The second kappa shape index (κ2) is 3.46. The van der Waals surface area contributed by atoms with Crippen LogP contribution in [-0.2, 0) is 6.42 Å². The van der Waals surface area contributed by atoms with Crippen molar-refractivity contribution in [2.75, 3.05) is 0 Å². The molecule has 0 radical (unpaired) electrons. The van der Waals surface area contributed by atoms with E-state index in [-0.39, 0.29) is 0 Å². The fourth-order valence-corrected chi connectivity index (χ4v) is 1.69. The molecule has 0 N–H and O–H groups in total. The van der Waals surface area contributed by atoms with Crippen LogP contribution in [0.15, 0.2) is 22.6 Å². The third-order valence-corrected chi connectivity index (χ3v) is 2.44. The zero-order valence-corrected chi connectivity index (χ0v) is 8.47. The Bertz CT molecular complexity index is 485. The van der Waals surface area contributed by atoms with E-state index in [0.717, 1.165) is 17.4 Å². The number of carbonyl (C=O) groups excluding carboxylic acids is 1. The third-order valence-electron chi connectivity index (χ3n) is 2.21. The Morgan fingerprint density at radius 2 is 2.29 bits per heavy atom. The topological polar surface area (TPSA) is 30.2 Å². The lowest BCUT2D eigenvalue weighted by molar-refractivity contribution is 0.112. The average molecular weight is 209 g/mol. The van der Waals surface area contributed by atoms with E-state index in [0.29, 0.717) is 22.6 Å². The lowest BCUT2D eigenvalue weighted by Crippen LogP contribution is -1.83. The van der Waals surface area contributed by atoms with E-state index in [1.54, 1.807) is 12.1 Å². The largest absolute Gasteiger partial charge is 0.460 e. The number of rotatable bonds is 2. The summed E-state index contributed by atoms with van der Waals surface area (Å²) >= 11 is 5.82. The van der Waals surface area contributed by atoms with Gasteiger partial charge in [-0.1, -0.05) is 18.5 Å². The molecule has 0 fully saturated rings. The minimum atomic E-state index is 0.617. The summed E-state index contributed by atoms with van der Waals surface area (Å²) in [5.41, 5.74) is 1.32. The molecule has 0 aliphatic heterocycles. The first-order valence-corrected chi connectivity index (χ1v) is 4.80. The Morgan fingerprint density at radius 3 is 2.93 bits per heavy atom. The highest BCUT2D eigenvalue weighted by atomic mass is 35.5. The summed E-state index contributed by atoms with van der Waals surface area (Å²) in [5, 5.41) is 1.45. The van der Waals surface area contributed by atoms with Gasteiger partial charge >= 0.3 is 0 Å². The molecule has 3 heteroatoms. The summed E-state index contributed by atoms with van der Waals surface area (Å²) in [5.74, 6) is 0.720. The average Bonchev–Trinajstić information content (AvgIpc) is 2.54. The molecule has 0 bridgehead atoms. The van der Waals surface area contributed by atoms with Crippen LogP contribution in [0, 0.1) is 0 Å². The summed E-state index contributed by atoms with van der Waals surface area (Å²) < 4.78 is 5.50. The second-order valence-corrected chi connectivity index (χ2v) is 3.49. The molecule has 0 saturated heterocycles. The maximum Gasteiger partial charge on any atom is 0.154 e. The van der Waals surface area contributed by atoms with E-state index in [1.807, 2.05) is 13.0 Å². The maximum absolute atomic E-state index is 10.9. The van der Waals surface area contributed by atoms with Crippen LogP contribution in [0.2, 0.25) is 5.02 Å². The fourth-order valence-electron chi connectivity index (χ4n) is 1.53. The zero-order chi connectivity index (χ0) is 10.1. The van der Waals surface area contributed by atoms with E-state index in [9.17, 15) is 4.79 Å². The first kappa shape index (κ1) is 9.28. The molecule has 1 aromatic carbocycles. The molecule has 0 aliphatic carbocycles. The SMILES string of the molecule is CCc1oc2cc(Cl)ccc2c1C=O. The number of carbonyl (C=O) groups is 1. The number of furan rings is 1. The molecule has 2 aromatic rings. The standard InChI is InChI=1S/C11H9ClO2/c1-2-10-9(6-13)8-4-3-7(12)5-11(8)14-10/h3-6H,2H2,1H3. The predicted octanol–water partition coefficient (Wildman–Crippen LogP) is 3.46. The van der Waals surface area contributed by atoms with Gasteiger partial charge in [-0.3, -0.25) is 4.79 Å². The molecular weight excluding hydrogens is 200 g/mol. The lowest BCUT2D eigenvalue weighted by Gasteiger charge is -1.89. The van der Waals surface area contributed by atoms with Gasteiger partial charge < -0.3 is 4.42 Å². The summed E-state index contributed by atoms with van der Waals surface area (Å²) in [6.45, 7) is 1.95. The Kier molecular flexibility index (Phi) is 2.30. The van der Waals surface area contributed by atoms with Crippen molar-refractivity contribution in [2.24, 2.45) is 0 Å². The van der Waals surface area contributed by atoms with Crippen molar-refractivity contribution in [3.63, 3.8) is 0 Å². The van der Waals surface area contributed by atoms with Crippen molar-refractivity contribution in [1.29, 1.82) is 0 Å². The minimum Gasteiger partial charge on any atom is -0.460 e. The predicted molar refractivity (Wildman–Crippen MR) is 56.0 cm³/mol. The number of aryl methyl sites for hydroxylation is 1. The highest BCUT2D eigenvalue weighted by Gasteiger charge is 2.11. The highest BCUT2D eigenvalue weighted by Crippen LogP contribution is 2.27. The van der Waals surface area contributed by atoms with Crippen molar-refractivity contribution in [1.82, 2.24) is 0 Å². The highest BCUT2D eigenvalue weighted by molar-refractivity contribution is 6.31. The summed E-state index contributed by atoms with van der Waals surface area (Å²) in [6.07, 6.45) is 1.54. The van der Waals surface area contributed by atoms with E-state index in [1.165, 1.54) is 0 Å². The van der Waals surface area contributed by atoms with Gasteiger partial charge in [0.1, 0.15) is 11.3 Å². The van der Waals surface area contributed by atoms with Crippen molar-refractivity contribution in [3.8, 4) is 0 Å². The van der Waals surface area contributed by atoms with Crippen LogP contribution in [0.4, 0.5) is 0 Å². The van der Waals surface area contributed by atoms with Crippen LogP contribution >= 0.6 is 11.6 Å². The molecule has 0 unspecified atom stereocenters. The van der Waals surface area contributed by atoms with E-state index in [4.69, 9.17) is 16.0 Å². The molecule has 0 spiro atoms. The first-order valence-electron chi connectivity index (χ1n) is 4.42. The molecule has 1 aromatic heterocycles. The van der Waals surface area contributed by atoms with Crippen molar-refractivity contribution in [3.05, 3.63) is 34.5 Å². The third kappa shape index (κ3) is 1.32. The van der Waals surface area contributed by atoms with Gasteiger partial charge in [0.2, 0.25) is 0 Å². The van der Waals surface area contributed by atoms with Gasteiger partial charge in [0.05, 0.1) is 5.56 Å². The van der Waals surface area contributed by atoms with Crippen molar-refractivity contribution < 1.29 is 9.21 Å².